The second-order valence-electron chi connectivity index (χ2n) is 6.24. The van der Waals surface area contributed by atoms with E-state index in [0.717, 1.165) is 30.2 Å². The van der Waals surface area contributed by atoms with Gasteiger partial charge in [0.1, 0.15) is 11.9 Å². The monoisotopic (exact) mass is 319 g/mol. The van der Waals surface area contributed by atoms with Gasteiger partial charge in [-0.05, 0) is 19.3 Å². The topological polar surface area (TPSA) is 104 Å². The molecule has 3 heterocycles. The summed E-state index contributed by atoms with van der Waals surface area (Å²) in [5, 5.41) is 12.4. The first-order valence-electron chi connectivity index (χ1n) is 7.91. The van der Waals surface area contributed by atoms with Crippen molar-refractivity contribution >= 4 is 11.7 Å². The van der Waals surface area contributed by atoms with E-state index < -0.39 is 5.56 Å². The van der Waals surface area contributed by atoms with Crippen molar-refractivity contribution in [2.24, 2.45) is 5.41 Å². The molecule has 1 fully saturated rings. The third-order valence-electron chi connectivity index (χ3n) is 4.60. The zero-order valence-corrected chi connectivity index (χ0v) is 13.2. The zero-order chi connectivity index (χ0) is 16.4. The second-order valence-corrected chi connectivity index (χ2v) is 6.24. The molecule has 1 aliphatic heterocycles. The third-order valence-corrected chi connectivity index (χ3v) is 4.60. The number of aliphatic hydroxyl groups is 1. The second kappa shape index (κ2) is 6.11. The lowest BCUT2D eigenvalue weighted by molar-refractivity contribution is 0.0221. The van der Waals surface area contributed by atoms with Crippen LogP contribution in [-0.2, 0) is 0 Å². The number of likely N-dealkylation sites (tertiary alicyclic amines) is 1. The molecule has 8 nitrogen and oxygen atoms in total. The van der Waals surface area contributed by atoms with Crippen LogP contribution in [0.1, 0.15) is 43.0 Å². The number of carbonyl (C=O) groups is 1. The quantitative estimate of drug-likeness (QED) is 0.850. The molecule has 1 amide bonds. The van der Waals surface area contributed by atoms with Crippen molar-refractivity contribution in [3.05, 3.63) is 28.4 Å². The number of amides is 1. The van der Waals surface area contributed by atoms with Gasteiger partial charge in [0.15, 0.2) is 0 Å². The summed E-state index contributed by atoms with van der Waals surface area (Å²) in [4.78, 5) is 34.7. The Morgan fingerprint density at radius 2 is 2.30 bits per heavy atom. The molecule has 124 valence electrons. The standard InChI is InChI=1S/C15H21N5O3/c1-2-4-15(9-21)5-3-6-19(8-15)12(22)11-7-16-14-17-10-18-20(14)13(11)23/h7,10,21H,2-6,8-9H2,1H3,(H,16,17,18). The smallest absolute Gasteiger partial charge is 0.286 e. The summed E-state index contributed by atoms with van der Waals surface area (Å²) >= 11 is 0. The van der Waals surface area contributed by atoms with Crippen LogP contribution in [0.15, 0.2) is 17.3 Å². The summed E-state index contributed by atoms with van der Waals surface area (Å²) in [6.45, 7) is 3.19. The molecule has 1 saturated heterocycles. The minimum absolute atomic E-state index is 0.0250. The predicted molar refractivity (Wildman–Crippen MR) is 83.2 cm³/mol. The number of aromatic amines is 1. The minimum atomic E-state index is -0.451. The molecule has 8 heteroatoms. The highest BCUT2D eigenvalue weighted by Gasteiger charge is 2.36. The van der Waals surface area contributed by atoms with Crippen LogP contribution in [0.3, 0.4) is 0 Å². The number of aliphatic hydroxyl groups excluding tert-OH is 1. The van der Waals surface area contributed by atoms with Gasteiger partial charge in [-0.25, -0.2) is 9.97 Å². The van der Waals surface area contributed by atoms with Crippen LogP contribution in [-0.4, -0.2) is 55.2 Å². The van der Waals surface area contributed by atoms with Gasteiger partial charge in [-0.3, -0.25) is 14.7 Å². The number of H-pyrrole nitrogens is 1. The fourth-order valence-electron chi connectivity index (χ4n) is 3.44. The highest BCUT2D eigenvalue weighted by Crippen LogP contribution is 2.34. The molecular weight excluding hydrogens is 298 g/mol. The van der Waals surface area contributed by atoms with E-state index in [1.54, 1.807) is 4.90 Å². The van der Waals surface area contributed by atoms with Crippen molar-refractivity contribution in [3.8, 4) is 0 Å². The van der Waals surface area contributed by atoms with Crippen LogP contribution in [0.4, 0.5) is 0 Å². The van der Waals surface area contributed by atoms with Gasteiger partial charge in [0.25, 0.3) is 17.2 Å². The fourth-order valence-corrected chi connectivity index (χ4v) is 3.44. The Hall–Kier alpha value is -2.22. The number of rotatable bonds is 4. The Kier molecular flexibility index (Phi) is 4.16. The molecule has 2 N–H and O–H groups in total. The SMILES string of the molecule is CCCC1(CO)CCCN(C(=O)c2cnc3nc[nH]n3c2=O)C1. The molecule has 1 atom stereocenters. The van der Waals surface area contributed by atoms with E-state index >= 15 is 0 Å². The van der Waals surface area contributed by atoms with Gasteiger partial charge < -0.3 is 10.0 Å². The van der Waals surface area contributed by atoms with E-state index in [-0.39, 0.29) is 29.3 Å². The van der Waals surface area contributed by atoms with Crippen LogP contribution in [0, 0.1) is 5.41 Å². The summed E-state index contributed by atoms with van der Waals surface area (Å²) < 4.78 is 1.16. The van der Waals surface area contributed by atoms with Crippen LogP contribution in [0.25, 0.3) is 5.78 Å². The maximum atomic E-state index is 12.8. The van der Waals surface area contributed by atoms with Gasteiger partial charge in [-0.1, -0.05) is 13.3 Å². The summed E-state index contributed by atoms with van der Waals surface area (Å²) in [5.41, 5.74) is -0.685. The van der Waals surface area contributed by atoms with Crippen LogP contribution in [0.2, 0.25) is 0 Å². The zero-order valence-electron chi connectivity index (χ0n) is 13.2. The predicted octanol–water partition coefficient (Wildman–Crippen LogP) is 0.432. The van der Waals surface area contributed by atoms with Gasteiger partial charge in [-0.15, -0.1) is 0 Å². The van der Waals surface area contributed by atoms with Crippen LogP contribution >= 0.6 is 0 Å². The Morgan fingerprint density at radius 1 is 1.48 bits per heavy atom. The van der Waals surface area contributed by atoms with Gasteiger partial charge >= 0.3 is 0 Å². The molecule has 2 aromatic rings. The molecule has 0 radical (unpaired) electrons. The average Bonchev–Trinajstić information content (AvgIpc) is 3.05. The van der Waals surface area contributed by atoms with E-state index in [4.69, 9.17) is 0 Å². The lowest BCUT2D eigenvalue weighted by atomic mass is 9.77. The molecule has 2 aromatic heterocycles. The number of nitrogens with one attached hydrogen (secondary N) is 1. The largest absolute Gasteiger partial charge is 0.396 e. The van der Waals surface area contributed by atoms with Gasteiger partial charge in [0.2, 0.25) is 0 Å². The Morgan fingerprint density at radius 3 is 3.04 bits per heavy atom. The average molecular weight is 319 g/mol. The van der Waals surface area contributed by atoms with E-state index in [0.29, 0.717) is 13.1 Å². The van der Waals surface area contributed by atoms with E-state index in [1.165, 1.54) is 12.5 Å². The lowest BCUT2D eigenvalue weighted by Crippen LogP contribution is -2.49. The van der Waals surface area contributed by atoms with Crippen molar-refractivity contribution in [1.82, 2.24) is 24.5 Å². The van der Waals surface area contributed by atoms with E-state index in [1.807, 2.05) is 0 Å². The summed E-state index contributed by atoms with van der Waals surface area (Å²) in [5.74, 6) is -0.0963. The normalized spacial score (nSPS) is 21.7. The van der Waals surface area contributed by atoms with E-state index in [9.17, 15) is 14.7 Å². The summed E-state index contributed by atoms with van der Waals surface area (Å²) in [6, 6.07) is 0. The van der Waals surface area contributed by atoms with Crippen molar-refractivity contribution in [1.29, 1.82) is 0 Å². The molecule has 0 spiro atoms. The maximum Gasteiger partial charge on any atom is 0.286 e. The first kappa shape index (κ1) is 15.7. The highest BCUT2D eigenvalue weighted by molar-refractivity contribution is 5.93. The molecule has 0 aromatic carbocycles. The summed E-state index contributed by atoms with van der Waals surface area (Å²) in [7, 11) is 0. The van der Waals surface area contributed by atoms with Crippen LogP contribution in [0.5, 0.6) is 0 Å². The summed E-state index contributed by atoms with van der Waals surface area (Å²) in [6.07, 6.45) is 6.19. The van der Waals surface area contributed by atoms with Crippen molar-refractivity contribution in [2.45, 2.75) is 32.6 Å². The number of carbonyl (C=O) groups excluding carboxylic acids is 1. The number of fused-ring (bicyclic) bond motifs is 1. The Balaban J connectivity index is 1.89. The van der Waals surface area contributed by atoms with Crippen molar-refractivity contribution < 1.29 is 9.90 Å². The highest BCUT2D eigenvalue weighted by atomic mass is 16.3. The first-order chi connectivity index (χ1) is 11.1. The van der Waals surface area contributed by atoms with Crippen molar-refractivity contribution in [2.75, 3.05) is 19.7 Å². The lowest BCUT2D eigenvalue weighted by Gasteiger charge is -2.41. The molecule has 1 unspecified atom stereocenters. The first-order valence-corrected chi connectivity index (χ1v) is 7.91. The number of hydrogen-bond donors (Lipinski definition) is 2. The third kappa shape index (κ3) is 2.74. The van der Waals surface area contributed by atoms with Gasteiger partial charge in [0.05, 0.1) is 6.61 Å². The molecule has 0 bridgehead atoms. The van der Waals surface area contributed by atoms with E-state index in [2.05, 4.69) is 22.0 Å². The van der Waals surface area contributed by atoms with Gasteiger partial charge in [0, 0.05) is 24.7 Å². The molecule has 0 saturated carbocycles. The van der Waals surface area contributed by atoms with Crippen LogP contribution < -0.4 is 5.56 Å². The maximum absolute atomic E-state index is 12.8. The molecule has 3 rings (SSSR count). The number of hydrogen-bond acceptors (Lipinski definition) is 5. The Labute approximate surface area is 133 Å². The molecule has 0 aliphatic carbocycles. The Bertz CT molecular complexity index is 764. The molecular formula is C15H21N5O3. The van der Waals surface area contributed by atoms with Crippen molar-refractivity contribution in [3.63, 3.8) is 0 Å². The number of nitrogens with zero attached hydrogens (tertiary/aromatic N) is 4. The number of piperidine rings is 1. The number of aromatic nitrogens is 4. The molecule has 1 aliphatic rings. The minimum Gasteiger partial charge on any atom is -0.396 e. The van der Waals surface area contributed by atoms with Gasteiger partial charge in [-0.2, -0.15) is 4.52 Å². The molecule has 23 heavy (non-hydrogen) atoms. The fraction of sp³-hybridized carbons (Fsp3) is 0.600.